The van der Waals surface area contributed by atoms with Gasteiger partial charge in [-0.15, -0.1) is 0 Å². The van der Waals surface area contributed by atoms with Gasteiger partial charge < -0.3 is 9.84 Å². The van der Waals surface area contributed by atoms with E-state index in [0.29, 0.717) is 6.42 Å². The van der Waals surface area contributed by atoms with Gasteiger partial charge in [-0.1, -0.05) is 37.3 Å². The highest BCUT2D eigenvalue weighted by Gasteiger charge is 2.09. The molecule has 0 aromatic heterocycles. The minimum Gasteiger partial charge on any atom is -0.461 e. The normalized spacial score (nSPS) is 12.1. The molecule has 0 radical (unpaired) electrons. The summed E-state index contributed by atoms with van der Waals surface area (Å²) in [6.45, 7) is 2.10. The summed E-state index contributed by atoms with van der Waals surface area (Å²) in [7, 11) is 0. The van der Waals surface area contributed by atoms with Crippen LogP contribution in [0.2, 0.25) is 0 Å². The molecule has 3 nitrogen and oxygen atoms in total. The summed E-state index contributed by atoms with van der Waals surface area (Å²) in [6.07, 6.45) is 0.0531. The van der Waals surface area contributed by atoms with E-state index in [9.17, 15) is 9.90 Å². The lowest BCUT2D eigenvalue weighted by Crippen LogP contribution is -2.14. The average molecular weight is 208 g/mol. The van der Waals surface area contributed by atoms with Crippen LogP contribution in [0.1, 0.15) is 25.3 Å². The molecule has 0 bridgehead atoms. The van der Waals surface area contributed by atoms with Crippen LogP contribution in [0.4, 0.5) is 0 Å². The van der Waals surface area contributed by atoms with E-state index >= 15 is 0 Å². The third-order valence-corrected chi connectivity index (χ3v) is 2.12. The Bertz CT molecular complexity index is 295. The molecule has 0 fully saturated rings. The van der Waals surface area contributed by atoms with Crippen molar-refractivity contribution >= 4 is 5.97 Å². The van der Waals surface area contributed by atoms with E-state index < -0.39 is 6.10 Å². The highest BCUT2D eigenvalue weighted by molar-refractivity contribution is 5.69. The number of carbonyl (C=O) groups excluding carboxylic acids is 1. The van der Waals surface area contributed by atoms with E-state index in [1.807, 2.05) is 37.3 Å². The number of rotatable bonds is 5. The second kappa shape index (κ2) is 6.19. The molecule has 0 amide bonds. The first-order valence-corrected chi connectivity index (χ1v) is 5.10. The topological polar surface area (TPSA) is 46.5 Å². The van der Waals surface area contributed by atoms with Crippen molar-refractivity contribution in [1.29, 1.82) is 0 Å². The first kappa shape index (κ1) is 11.7. The van der Waals surface area contributed by atoms with Crippen molar-refractivity contribution in [3.05, 3.63) is 35.9 Å². The largest absolute Gasteiger partial charge is 0.461 e. The number of esters is 1. The predicted molar refractivity (Wildman–Crippen MR) is 57.2 cm³/mol. The highest BCUT2D eigenvalue weighted by atomic mass is 16.5. The molecule has 82 valence electrons. The Balaban J connectivity index is 2.29. The van der Waals surface area contributed by atoms with Crippen LogP contribution in [0.5, 0.6) is 0 Å². The third kappa shape index (κ3) is 4.61. The van der Waals surface area contributed by atoms with E-state index in [4.69, 9.17) is 4.74 Å². The zero-order valence-corrected chi connectivity index (χ0v) is 8.85. The molecule has 15 heavy (non-hydrogen) atoms. The van der Waals surface area contributed by atoms with Crippen molar-refractivity contribution in [3.63, 3.8) is 0 Å². The molecule has 1 atom stereocenters. The van der Waals surface area contributed by atoms with Gasteiger partial charge in [0.15, 0.2) is 0 Å². The number of aliphatic hydroxyl groups is 1. The molecule has 0 saturated carbocycles. The smallest absolute Gasteiger partial charge is 0.308 e. The molecule has 0 unspecified atom stereocenters. The minimum absolute atomic E-state index is 0.0728. The fourth-order valence-corrected chi connectivity index (χ4v) is 1.13. The van der Waals surface area contributed by atoms with Gasteiger partial charge in [0.25, 0.3) is 0 Å². The van der Waals surface area contributed by atoms with E-state index in [-0.39, 0.29) is 19.0 Å². The molecule has 0 aliphatic carbocycles. The van der Waals surface area contributed by atoms with E-state index in [1.165, 1.54) is 0 Å². The lowest BCUT2D eigenvalue weighted by molar-refractivity contribution is -0.147. The molecule has 0 heterocycles. The van der Waals surface area contributed by atoms with Crippen LogP contribution < -0.4 is 0 Å². The molecule has 0 aliphatic heterocycles. The van der Waals surface area contributed by atoms with E-state index in [0.717, 1.165) is 5.56 Å². The summed E-state index contributed by atoms with van der Waals surface area (Å²) in [6, 6.07) is 9.48. The Labute approximate surface area is 89.7 Å². The van der Waals surface area contributed by atoms with Crippen molar-refractivity contribution in [1.82, 2.24) is 0 Å². The van der Waals surface area contributed by atoms with Crippen LogP contribution >= 0.6 is 0 Å². The number of aliphatic hydroxyl groups excluding tert-OH is 1. The van der Waals surface area contributed by atoms with Gasteiger partial charge >= 0.3 is 5.97 Å². The zero-order valence-electron chi connectivity index (χ0n) is 8.85. The molecule has 0 aliphatic rings. The van der Waals surface area contributed by atoms with Gasteiger partial charge in [0.1, 0.15) is 6.61 Å². The average Bonchev–Trinajstić information content (AvgIpc) is 2.27. The Hall–Kier alpha value is -1.35. The van der Waals surface area contributed by atoms with Crippen LogP contribution in [0.3, 0.4) is 0 Å². The Morgan fingerprint density at radius 1 is 1.40 bits per heavy atom. The lowest BCUT2D eigenvalue weighted by Gasteiger charge is -2.07. The fourth-order valence-electron chi connectivity index (χ4n) is 1.13. The SMILES string of the molecule is CC[C@@H](O)CC(=O)OCc1ccccc1. The molecular weight excluding hydrogens is 192 g/mol. The van der Waals surface area contributed by atoms with Gasteiger partial charge in [0.2, 0.25) is 0 Å². The molecule has 1 rings (SSSR count). The maximum atomic E-state index is 11.2. The first-order chi connectivity index (χ1) is 7.22. The second-order valence-electron chi connectivity index (χ2n) is 3.41. The van der Waals surface area contributed by atoms with Crippen LogP contribution in [0.25, 0.3) is 0 Å². The Morgan fingerprint density at radius 2 is 2.07 bits per heavy atom. The highest BCUT2D eigenvalue weighted by Crippen LogP contribution is 2.04. The van der Waals surface area contributed by atoms with Crippen LogP contribution in [-0.2, 0) is 16.1 Å². The molecule has 3 heteroatoms. The van der Waals surface area contributed by atoms with Crippen molar-refractivity contribution in [2.24, 2.45) is 0 Å². The van der Waals surface area contributed by atoms with Crippen molar-refractivity contribution in [2.75, 3.05) is 0 Å². The van der Waals surface area contributed by atoms with Gasteiger partial charge in [0.05, 0.1) is 12.5 Å². The van der Waals surface area contributed by atoms with Crippen LogP contribution in [0, 0.1) is 0 Å². The number of benzene rings is 1. The predicted octanol–water partition coefficient (Wildman–Crippen LogP) is 1.89. The standard InChI is InChI=1S/C12H16O3/c1-2-11(13)8-12(14)15-9-10-6-4-3-5-7-10/h3-7,11,13H,2,8-9H2,1H3/t11-/m1/s1. The van der Waals surface area contributed by atoms with Crippen LogP contribution in [0.15, 0.2) is 30.3 Å². The van der Waals surface area contributed by atoms with Crippen molar-refractivity contribution < 1.29 is 14.6 Å². The number of ether oxygens (including phenoxy) is 1. The fraction of sp³-hybridized carbons (Fsp3) is 0.417. The molecule has 0 saturated heterocycles. The Morgan fingerprint density at radius 3 is 2.67 bits per heavy atom. The Kier molecular flexibility index (Phi) is 4.84. The number of carbonyl (C=O) groups is 1. The monoisotopic (exact) mass is 208 g/mol. The van der Waals surface area contributed by atoms with Crippen molar-refractivity contribution in [3.8, 4) is 0 Å². The van der Waals surface area contributed by atoms with Crippen molar-refractivity contribution in [2.45, 2.75) is 32.5 Å². The molecular formula is C12H16O3. The van der Waals surface area contributed by atoms with Gasteiger partial charge in [-0.25, -0.2) is 0 Å². The van der Waals surface area contributed by atoms with E-state index in [1.54, 1.807) is 0 Å². The third-order valence-electron chi connectivity index (χ3n) is 2.12. The summed E-state index contributed by atoms with van der Waals surface area (Å²) >= 11 is 0. The van der Waals surface area contributed by atoms with E-state index in [2.05, 4.69) is 0 Å². The quantitative estimate of drug-likeness (QED) is 0.752. The lowest BCUT2D eigenvalue weighted by atomic mass is 10.2. The number of hydrogen-bond acceptors (Lipinski definition) is 3. The zero-order chi connectivity index (χ0) is 11.1. The molecule has 0 spiro atoms. The second-order valence-corrected chi connectivity index (χ2v) is 3.41. The summed E-state index contributed by atoms with van der Waals surface area (Å²) in [5.41, 5.74) is 0.955. The number of hydrogen-bond donors (Lipinski definition) is 1. The molecule has 1 N–H and O–H groups in total. The minimum atomic E-state index is -0.590. The van der Waals surface area contributed by atoms with Gasteiger partial charge in [-0.2, -0.15) is 0 Å². The van der Waals surface area contributed by atoms with Gasteiger partial charge in [-0.3, -0.25) is 4.79 Å². The van der Waals surface area contributed by atoms with Crippen LogP contribution in [-0.4, -0.2) is 17.2 Å². The summed E-state index contributed by atoms with van der Waals surface area (Å²) < 4.78 is 5.00. The maximum absolute atomic E-state index is 11.2. The summed E-state index contributed by atoms with van der Waals surface area (Å²) in [5, 5.41) is 9.22. The summed E-state index contributed by atoms with van der Waals surface area (Å²) in [4.78, 5) is 11.2. The molecule has 1 aromatic carbocycles. The molecule has 1 aromatic rings. The van der Waals surface area contributed by atoms with Gasteiger partial charge in [-0.05, 0) is 12.0 Å². The van der Waals surface area contributed by atoms with Gasteiger partial charge in [0, 0.05) is 0 Å². The first-order valence-electron chi connectivity index (χ1n) is 5.10. The maximum Gasteiger partial charge on any atom is 0.308 e. The summed E-state index contributed by atoms with van der Waals surface area (Å²) in [5.74, 6) is -0.354.